The van der Waals surface area contributed by atoms with Gasteiger partial charge in [0.2, 0.25) is 0 Å². The van der Waals surface area contributed by atoms with Crippen LogP contribution in [-0.2, 0) is 14.3 Å². The molecule has 4 aliphatic rings. The van der Waals surface area contributed by atoms with E-state index in [1.54, 1.807) is 12.5 Å². The molecule has 0 aromatic rings. The number of ether oxygens (including phenoxy) is 1. The zero-order valence-corrected chi connectivity index (χ0v) is 23.7. The molecule has 202 valence electrons. The second-order valence-corrected chi connectivity index (χ2v) is 13.8. The highest BCUT2D eigenvalue weighted by Crippen LogP contribution is 2.70. The number of rotatable bonds is 6. The summed E-state index contributed by atoms with van der Waals surface area (Å²) in [7, 11) is 0. The first-order chi connectivity index (χ1) is 16.7. The summed E-state index contributed by atoms with van der Waals surface area (Å²) in [5.74, 6) is 0.977. The Morgan fingerprint density at radius 3 is 2.47 bits per heavy atom. The lowest BCUT2D eigenvalue weighted by atomic mass is 9.42. The highest BCUT2D eigenvalue weighted by Gasteiger charge is 2.66. The number of esters is 1. The highest BCUT2D eigenvalue weighted by atomic mass is 16.5. The van der Waals surface area contributed by atoms with Gasteiger partial charge in [-0.3, -0.25) is 4.79 Å². The van der Waals surface area contributed by atoms with Crippen LogP contribution < -0.4 is 5.73 Å². The lowest BCUT2D eigenvalue weighted by Gasteiger charge is -2.64. The molecule has 0 heterocycles. The van der Waals surface area contributed by atoms with Crippen molar-refractivity contribution in [2.24, 2.45) is 45.7 Å². The topological polar surface area (TPSA) is 89.6 Å². The number of carbonyl (C=O) groups is 2. The summed E-state index contributed by atoms with van der Waals surface area (Å²) in [4.78, 5) is 23.0. The van der Waals surface area contributed by atoms with Crippen LogP contribution in [0.15, 0.2) is 23.3 Å². The van der Waals surface area contributed by atoms with E-state index in [4.69, 9.17) is 10.5 Å². The molecule has 4 rings (SSSR count). The summed E-state index contributed by atoms with van der Waals surface area (Å²) >= 11 is 0. The molecule has 0 amide bonds. The average molecular weight is 500 g/mol. The van der Waals surface area contributed by atoms with E-state index < -0.39 is 5.97 Å². The van der Waals surface area contributed by atoms with Crippen LogP contribution in [0.1, 0.15) is 106 Å². The number of hydrogen-bond acceptors (Lipinski definition) is 4. The molecule has 4 aliphatic carbocycles. The first-order valence-corrected chi connectivity index (χ1v) is 14.2. The Labute approximate surface area is 218 Å². The fraction of sp³-hybridized carbons (Fsp3) is 0.806. The van der Waals surface area contributed by atoms with Crippen molar-refractivity contribution in [2.75, 3.05) is 0 Å². The Balaban J connectivity index is 1.57. The predicted molar refractivity (Wildman–Crippen MR) is 143 cm³/mol. The Kier molecular flexibility index (Phi) is 7.07. The van der Waals surface area contributed by atoms with Crippen LogP contribution in [0.25, 0.3) is 0 Å². The molecule has 0 saturated heterocycles. The SMILES string of the molecule is CC(=O)O[C@H]1CC[C@]2(C)C3CC[C@@]4(N)[C@H](C(C)CC/C=C(/C)C(=O)O)CC[C@]4(C)C3=CCC2C1(C)C. The van der Waals surface area contributed by atoms with Crippen molar-refractivity contribution in [1.29, 1.82) is 0 Å². The van der Waals surface area contributed by atoms with E-state index in [-0.39, 0.29) is 33.9 Å². The molecule has 3 unspecified atom stereocenters. The number of hydrogen-bond donors (Lipinski definition) is 2. The quantitative estimate of drug-likeness (QED) is 0.242. The summed E-state index contributed by atoms with van der Waals surface area (Å²) in [6.45, 7) is 15.1. The van der Waals surface area contributed by atoms with Crippen molar-refractivity contribution in [3.8, 4) is 0 Å². The van der Waals surface area contributed by atoms with Gasteiger partial charge in [0.1, 0.15) is 6.10 Å². The van der Waals surface area contributed by atoms with E-state index in [0.29, 0.717) is 29.2 Å². The molecule has 0 radical (unpaired) electrons. The molecular weight excluding hydrogens is 450 g/mol. The van der Waals surface area contributed by atoms with Gasteiger partial charge < -0.3 is 15.6 Å². The molecule has 3 fully saturated rings. The van der Waals surface area contributed by atoms with Gasteiger partial charge in [-0.15, -0.1) is 0 Å². The molecule has 0 aromatic carbocycles. The van der Waals surface area contributed by atoms with Crippen molar-refractivity contribution < 1.29 is 19.4 Å². The van der Waals surface area contributed by atoms with Gasteiger partial charge in [-0.1, -0.05) is 52.3 Å². The third kappa shape index (κ3) is 4.08. The third-order valence-electron chi connectivity index (χ3n) is 11.7. The number of aliphatic carboxylic acids is 1. The average Bonchev–Trinajstić information content (AvgIpc) is 3.07. The third-order valence-corrected chi connectivity index (χ3v) is 11.7. The molecule has 36 heavy (non-hydrogen) atoms. The summed E-state index contributed by atoms with van der Waals surface area (Å²) in [6.07, 6.45) is 13.8. The second kappa shape index (κ2) is 9.29. The second-order valence-electron chi connectivity index (χ2n) is 13.8. The fourth-order valence-electron chi connectivity index (χ4n) is 9.55. The summed E-state index contributed by atoms with van der Waals surface area (Å²) in [6, 6.07) is 0. The Hall–Kier alpha value is -1.62. The Morgan fingerprint density at radius 1 is 1.14 bits per heavy atom. The lowest BCUT2D eigenvalue weighted by Crippen LogP contribution is -2.64. The van der Waals surface area contributed by atoms with Crippen molar-refractivity contribution in [3.63, 3.8) is 0 Å². The summed E-state index contributed by atoms with van der Waals surface area (Å²) < 4.78 is 5.83. The van der Waals surface area contributed by atoms with Gasteiger partial charge in [-0.25, -0.2) is 4.79 Å². The number of carbonyl (C=O) groups excluding carboxylic acids is 1. The Morgan fingerprint density at radius 2 is 1.83 bits per heavy atom. The maximum Gasteiger partial charge on any atom is 0.330 e. The van der Waals surface area contributed by atoms with Crippen molar-refractivity contribution >= 4 is 11.9 Å². The number of nitrogens with two attached hydrogens (primary N) is 1. The maximum absolute atomic E-state index is 11.8. The first kappa shape index (κ1) is 27.4. The van der Waals surface area contributed by atoms with E-state index in [1.807, 2.05) is 6.08 Å². The van der Waals surface area contributed by atoms with E-state index in [2.05, 4.69) is 40.7 Å². The molecule has 0 aromatic heterocycles. The number of allylic oxidation sites excluding steroid dienone is 2. The highest BCUT2D eigenvalue weighted by molar-refractivity contribution is 5.85. The zero-order chi connectivity index (χ0) is 26.7. The first-order valence-electron chi connectivity index (χ1n) is 14.2. The minimum atomic E-state index is -0.828. The van der Waals surface area contributed by atoms with Crippen LogP contribution >= 0.6 is 0 Å². The van der Waals surface area contributed by atoms with Gasteiger partial charge in [-0.05, 0) is 93.8 Å². The monoisotopic (exact) mass is 499 g/mol. The van der Waals surface area contributed by atoms with Crippen LogP contribution in [-0.4, -0.2) is 28.7 Å². The van der Waals surface area contributed by atoms with Crippen LogP contribution in [0.3, 0.4) is 0 Å². The van der Waals surface area contributed by atoms with E-state index in [1.165, 1.54) is 6.92 Å². The fourth-order valence-corrected chi connectivity index (χ4v) is 9.55. The van der Waals surface area contributed by atoms with E-state index >= 15 is 0 Å². The van der Waals surface area contributed by atoms with E-state index in [9.17, 15) is 14.7 Å². The van der Waals surface area contributed by atoms with Crippen molar-refractivity contribution in [2.45, 2.75) is 118 Å². The van der Waals surface area contributed by atoms with Crippen LogP contribution in [0.5, 0.6) is 0 Å². The molecular formula is C31H49NO4. The number of carboxylic acid groups (broad SMARTS) is 1. The predicted octanol–water partition coefficient (Wildman–Crippen LogP) is 6.66. The Bertz CT molecular complexity index is 966. The minimum Gasteiger partial charge on any atom is -0.478 e. The number of fused-ring (bicyclic) bond motifs is 5. The van der Waals surface area contributed by atoms with Crippen molar-refractivity contribution in [1.82, 2.24) is 0 Å². The van der Waals surface area contributed by atoms with Gasteiger partial charge >= 0.3 is 11.9 Å². The van der Waals surface area contributed by atoms with Crippen LogP contribution in [0.4, 0.5) is 0 Å². The van der Waals surface area contributed by atoms with Crippen LogP contribution in [0.2, 0.25) is 0 Å². The maximum atomic E-state index is 11.8. The standard InChI is InChI=1S/C31H49NO4/c1-19(9-8-10-20(2)27(34)35)22-13-17-30(7)24-11-12-25-28(4,5)26(36-21(3)33)15-16-29(25,6)23(24)14-18-31(22,30)32/h10-11,19,22-23,25-26H,8-9,12-18,32H2,1-7H3,(H,34,35)/b20-10-/t19?,22-,23?,25?,26-,29+,30+,31+/m0/s1. The van der Waals surface area contributed by atoms with Gasteiger partial charge in [-0.2, -0.15) is 0 Å². The molecule has 0 aliphatic heterocycles. The van der Waals surface area contributed by atoms with Gasteiger partial charge in [0.15, 0.2) is 0 Å². The van der Waals surface area contributed by atoms with Gasteiger partial charge in [0.05, 0.1) is 0 Å². The molecule has 5 heteroatoms. The molecule has 8 atom stereocenters. The molecule has 5 nitrogen and oxygen atoms in total. The normalized spacial score (nSPS) is 42.4. The summed E-state index contributed by atoms with van der Waals surface area (Å²) in [5.41, 5.74) is 9.49. The van der Waals surface area contributed by atoms with Gasteiger partial charge in [0.25, 0.3) is 0 Å². The van der Waals surface area contributed by atoms with Gasteiger partial charge in [0, 0.05) is 28.9 Å². The zero-order valence-electron chi connectivity index (χ0n) is 23.7. The molecule has 0 spiro atoms. The molecule has 0 bridgehead atoms. The smallest absolute Gasteiger partial charge is 0.330 e. The largest absolute Gasteiger partial charge is 0.478 e. The van der Waals surface area contributed by atoms with Crippen LogP contribution in [0, 0.1) is 39.9 Å². The minimum absolute atomic E-state index is 0.00803. The molecule has 3 N–H and O–H groups in total. The van der Waals surface area contributed by atoms with Crippen molar-refractivity contribution in [3.05, 3.63) is 23.3 Å². The lowest BCUT2D eigenvalue weighted by molar-refractivity contribution is -0.173. The summed E-state index contributed by atoms with van der Waals surface area (Å²) in [5, 5.41) is 9.17. The number of carboxylic acids is 1. The van der Waals surface area contributed by atoms with E-state index in [0.717, 1.165) is 57.8 Å². The molecule has 3 saturated carbocycles.